The first-order chi connectivity index (χ1) is 12.2. The van der Waals surface area contributed by atoms with Crippen molar-refractivity contribution in [3.05, 3.63) is 78.6 Å². The zero-order valence-corrected chi connectivity index (χ0v) is 14.9. The summed E-state index contributed by atoms with van der Waals surface area (Å²) in [4.78, 5) is 9.48. The number of rotatable bonds is 3. The van der Waals surface area contributed by atoms with Crippen molar-refractivity contribution < 1.29 is 0 Å². The molecule has 0 saturated carbocycles. The van der Waals surface area contributed by atoms with Crippen LogP contribution in [0.1, 0.15) is 32.4 Å². The van der Waals surface area contributed by atoms with E-state index in [-0.39, 0.29) is 6.17 Å². The SMILES string of the molecule is CC(C)c1cc2c(cn1)N(c1ccccc1)C(C)N2c1ccccc1. The van der Waals surface area contributed by atoms with Gasteiger partial charge >= 0.3 is 0 Å². The van der Waals surface area contributed by atoms with Gasteiger partial charge in [-0.05, 0) is 43.2 Å². The van der Waals surface area contributed by atoms with Crippen LogP contribution in [0.25, 0.3) is 0 Å². The third-order valence-corrected chi connectivity index (χ3v) is 4.81. The van der Waals surface area contributed by atoms with E-state index in [4.69, 9.17) is 4.98 Å². The number of aromatic nitrogens is 1. The normalized spacial score (nSPS) is 16.4. The van der Waals surface area contributed by atoms with E-state index in [1.54, 1.807) is 0 Å². The Morgan fingerprint density at radius 2 is 1.32 bits per heavy atom. The van der Waals surface area contributed by atoms with Crippen molar-refractivity contribution in [3.8, 4) is 0 Å². The molecule has 0 saturated heterocycles. The molecule has 3 nitrogen and oxygen atoms in total. The maximum Gasteiger partial charge on any atom is 0.108 e. The van der Waals surface area contributed by atoms with Gasteiger partial charge in [0.25, 0.3) is 0 Å². The highest BCUT2D eigenvalue weighted by molar-refractivity contribution is 5.87. The molecule has 4 rings (SSSR count). The van der Waals surface area contributed by atoms with E-state index in [9.17, 15) is 0 Å². The minimum Gasteiger partial charge on any atom is -0.318 e. The molecular weight excluding hydrogens is 306 g/mol. The van der Waals surface area contributed by atoms with Gasteiger partial charge in [-0.15, -0.1) is 0 Å². The lowest BCUT2D eigenvalue weighted by molar-refractivity contribution is 0.761. The molecule has 1 unspecified atom stereocenters. The molecule has 0 bridgehead atoms. The Bertz CT molecular complexity index is 859. The van der Waals surface area contributed by atoms with Crippen molar-refractivity contribution in [2.75, 3.05) is 9.80 Å². The van der Waals surface area contributed by atoms with E-state index in [2.05, 4.69) is 97.3 Å². The fourth-order valence-corrected chi connectivity index (χ4v) is 3.55. The largest absolute Gasteiger partial charge is 0.318 e. The van der Waals surface area contributed by atoms with Crippen molar-refractivity contribution in [1.82, 2.24) is 4.98 Å². The Morgan fingerprint density at radius 1 is 0.800 bits per heavy atom. The summed E-state index contributed by atoms with van der Waals surface area (Å²) in [6.07, 6.45) is 2.21. The molecular formula is C22H23N3. The molecule has 2 aromatic carbocycles. The predicted molar refractivity (Wildman–Crippen MR) is 105 cm³/mol. The predicted octanol–water partition coefficient (Wildman–Crippen LogP) is 5.84. The first-order valence-electron chi connectivity index (χ1n) is 8.85. The van der Waals surface area contributed by atoms with Gasteiger partial charge < -0.3 is 9.80 Å². The quantitative estimate of drug-likeness (QED) is 0.601. The lowest BCUT2D eigenvalue weighted by atomic mass is 10.1. The number of hydrogen-bond donors (Lipinski definition) is 0. The molecule has 1 atom stereocenters. The van der Waals surface area contributed by atoms with E-state index in [1.807, 2.05) is 6.20 Å². The van der Waals surface area contributed by atoms with Crippen LogP contribution in [0.5, 0.6) is 0 Å². The summed E-state index contributed by atoms with van der Waals surface area (Å²) < 4.78 is 0. The number of hydrogen-bond acceptors (Lipinski definition) is 3. The van der Waals surface area contributed by atoms with Gasteiger partial charge in [-0.3, -0.25) is 4.98 Å². The maximum atomic E-state index is 4.72. The van der Waals surface area contributed by atoms with Gasteiger partial charge in [0.15, 0.2) is 0 Å². The summed E-state index contributed by atoms with van der Waals surface area (Å²) in [5.41, 5.74) is 5.90. The molecule has 0 radical (unpaired) electrons. The summed E-state index contributed by atoms with van der Waals surface area (Å²) >= 11 is 0. The van der Waals surface area contributed by atoms with Crippen LogP contribution in [0.15, 0.2) is 72.9 Å². The molecule has 25 heavy (non-hydrogen) atoms. The smallest absolute Gasteiger partial charge is 0.108 e. The van der Waals surface area contributed by atoms with Gasteiger partial charge in [-0.1, -0.05) is 50.2 Å². The lowest BCUT2D eigenvalue weighted by Crippen LogP contribution is -2.35. The van der Waals surface area contributed by atoms with E-state index >= 15 is 0 Å². The molecule has 0 spiro atoms. The molecule has 1 aliphatic heterocycles. The van der Waals surface area contributed by atoms with Crippen LogP contribution in [-0.2, 0) is 0 Å². The fraction of sp³-hybridized carbons (Fsp3) is 0.227. The minimum atomic E-state index is 0.184. The molecule has 3 aromatic rings. The van der Waals surface area contributed by atoms with Gasteiger partial charge in [-0.25, -0.2) is 0 Å². The Balaban J connectivity index is 1.89. The molecule has 1 aliphatic rings. The molecule has 2 heterocycles. The zero-order chi connectivity index (χ0) is 17.4. The van der Waals surface area contributed by atoms with Gasteiger partial charge in [0.05, 0.1) is 17.6 Å². The van der Waals surface area contributed by atoms with Crippen LogP contribution < -0.4 is 9.80 Å². The molecule has 3 heteroatoms. The number of fused-ring (bicyclic) bond motifs is 1. The first-order valence-corrected chi connectivity index (χ1v) is 8.85. The van der Waals surface area contributed by atoms with Crippen LogP contribution in [0, 0.1) is 0 Å². The van der Waals surface area contributed by atoms with E-state index in [1.165, 1.54) is 17.1 Å². The monoisotopic (exact) mass is 329 g/mol. The minimum absolute atomic E-state index is 0.184. The first kappa shape index (κ1) is 15.7. The summed E-state index contributed by atoms with van der Waals surface area (Å²) in [5.74, 6) is 0.406. The van der Waals surface area contributed by atoms with Crippen molar-refractivity contribution in [2.24, 2.45) is 0 Å². The summed E-state index contributed by atoms with van der Waals surface area (Å²) in [6, 6.07) is 23.4. The molecule has 0 aliphatic carbocycles. The molecule has 0 amide bonds. The Morgan fingerprint density at radius 3 is 1.84 bits per heavy atom. The summed E-state index contributed by atoms with van der Waals surface area (Å²) in [7, 11) is 0. The Hall–Kier alpha value is -2.81. The second-order valence-corrected chi connectivity index (χ2v) is 6.80. The lowest BCUT2D eigenvalue weighted by Gasteiger charge is -2.30. The van der Waals surface area contributed by atoms with Gasteiger partial charge in [-0.2, -0.15) is 0 Å². The van der Waals surface area contributed by atoms with Crippen molar-refractivity contribution >= 4 is 22.7 Å². The topological polar surface area (TPSA) is 19.4 Å². The van der Waals surface area contributed by atoms with Gasteiger partial charge in [0.1, 0.15) is 6.17 Å². The Labute approximate surface area is 149 Å². The van der Waals surface area contributed by atoms with Crippen molar-refractivity contribution in [1.29, 1.82) is 0 Å². The van der Waals surface area contributed by atoms with Crippen LogP contribution >= 0.6 is 0 Å². The van der Waals surface area contributed by atoms with Gasteiger partial charge in [0, 0.05) is 17.1 Å². The number of anilines is 4. The standard InChI is InChI=1S/C22H23N3/c1-16(2)20-14-21-22(15-23-20)25(19-12-8-5-9-13-19)17(3)24(21)18-10-6-4-7-11-18/h4-17H,1-3H3. The van der Waals surface area contributed by atoms with Crippen molar-refractivity contribution in [3.63, 3.8) is 0 Å². The molecule has 126 valence electrons. The zero-order valence-electron chi connectivity index (χ0n) is 14.9. The summed E-state index contributed by atoms with van der Waals surface area (Å²) in [6.45, 7) is 6.62. The van der Waals surface area contributed by atoms with E-state index in [0.717, 1.165) is 11.4 Å². The van der Waals surface area contributed by atoms with E-state index < -0.39 is 0 Å². The molecule has 0 N–H and O–H groups in total. The van der Waals surface area contributed by atoms with Crippen LogP contribution in [0.4, 0.5) is 22.7 Å². The highest BCUT2D eigenvalue weighted by atomic mass is 15.4. The number of para-hydroxylation sites is 2. The number of nitrogens with zero attached hydrogens (tertiary/aromatic N) is 3. The highest BCUT2D eigenvalue weighted by Crippen LogP contribution is 2.47. The molecule has 0 fully saturated rings. The number of benzene rings is 2. The molecule has 1 aromatic heterocycles. The third-order valence-electron chi connectivity index (χ3n) is 4.81. The van der Waals surface area contributed by atoms with Crippen LogP contribution in [-0.4, -0.2) is 11.1 Å². The average molecular weight is 329 g/mol. The maximum absolute atomic E-state index is 4.72. The van der Waals surface area contributed by atoms with Gasteiger partial charge in [0.2, 0.25) is 0 Å². The second kappa shape index (κ2) is 6.25. The van der Waals surface area contributed by atoms with Crippen LogP contribution in [0.3, 0.4) is 0 Å². The highest BCUT2D eigenvalue weighted by Gasteiger charge is 2.35. The number of pyridine rings is 1. The second-order valence-electron chi connectivity index (χ2n) is 6.80. The fourth-order valence-electron chi connectivity index (χ4n) is 3.55. The van der Waals surface area contributed by atoms with Crippen LogP contribution in [0.2, 0.25) is 0 Å². The average Bonchev–Trinajstić information content (AvgIpc) is 2.94. The third kappa shape index (κ3) is 2.66. The van der Waals surface area contributed by atoms with Crippen molar-refractivity contribution in [2.45, 2.75) is 32.9 Å². The Kier molecular flexibility index (Phi) is 3.92. The van der Waals surface area contributed by atoms with E-state index in [0.29, 0.717) is 5.92 Å². The summed E-state index contributed by atoms with van der Waals surface area (Å²) in [5, 5.41) is 0.